The Morgan fingerprint density at radius 2 is 1.67 bits per heavy atom. The number of hydrogen-bond acceptors (Lipinski definition) is 3. The molecule has 0 spiro atoms. The van der Waals surface area contributed by atoms with Gasteiger partial charge < -0.3 is 16.0 Å². The number of amides is 3. The quantitative estimate of drug-likeness (QED) is 0.682. The van der Waals surface area contributed by atoms with Gasteiger partial charge in [0.05, 0.1) is 23.7 Å². The highest BCUT2D eigenvalue weighted by Crippen LogP contribution is 2.20. The highest BCUT2D eigenvalue weighted by molar-refractivity contribution is 6.36. The van der Waals surface area contributed by atoms with E-state index in [-0.39, 0.29) is 23.7 Å². The largest absolute Gasteiger partial charge is 0.345 e. The fraction of sp³-hybridized carbons (Fsp3) is 0.167. The molecule has 2 rings (SSSR count). The molecule has 0 aromatic heterocycles. The number of carbonyl (C=O) groups is 3. The summed E-state index contributed by atoms with van der Waals surface area (Å²) in [6, 6.07) is 8.30. The standard InChI is InChI=1S/C18H16Cl2FN3O3/c1-10-6-12(21)3-5-15(10)24-17(26)9-22-16(25)8-23-18(27)13-4-2-11(19)7-14(13)20/h2-7H,8-9H2,1H3,(H,22,25)(H,23,27)(H,24,26). The Bertz CT molecular complexity index is 890. The Morgan fingerprint density at radius 1 is 0.963 bits per heavy atom. The molecule has 0 aliphatic heterocycles. The molecule has 3 amide bonds. The Morgan fingerprint density at radius 3 is 2.33 bits per heavy atom. The number of benzene rings is 2. The van der Waals surface area contributed by atoms with Gasteiger partial charge in [0.15, 0.2) is 0 Å². The smallest absolute Gasteiger partial charge is 0.253 e. The molecule has 6 nitrogen and oxygen atoms in total. The van der Waals surface area contributed by atoms with Gasteiger partial charge in [0.25, 0.3) is 5.91 Å². The minimum absolute atomic E-state index is 0.162. The molecule has 0 unspecified atom stereocenters. The Kier molecular flexibility index (Phi) is 7.15. The minimum Gasteiger partial charge on any atom is -0.345 e. The summed E-state index contributed by atoms with van der Waals surface area (Å²) in [5.74, 6) is -1.99. The van der Waals surface area contributed by atoms with E-state index in [9.17, 15) is 18.8 Å². The lowest BCUT2D eigenvalue weighted by molar-refractivity contribution is -0.123. The van der Waals surface area contributed by atoms with Crippen molar-refractivity contribution in [3.8, 4) is 0 Å². The van der Waals surface area contributed by atoms with Gasteiger partial charge >= 0.3 is 0 Å². The third kappa shape index (κ3) is 6.23. The molecule has 0 saturated heterocycles. The lowest BCUT2D eigenvalue weighted by atomic mass is 10.2. The fourth-order valence-electron chi connectivity index (χ4n) is 2.13. The van der Waals surface area contributed by atoms with Crippen LogP contribution in [0.3, 0.4) is 0 Å². The van der Waals surface area contributed by atoms with Gasteiger partial charge in [0.2, 0.25) is 11.8 Å². The van der Waals surface area contributed by atoms with E-state index in [4.69, 9.17) is 23.2 Å². The number of hydrogen-bond donors (Lipinski definition) is 3. The zero-order valence-corrected chi connectivity index (χ0v) is 15.7. The van der Waals surface area contributed by atoms with Crippen LogP contribution < -0.4 is 16.0 Å². The molecular weight excluding hydrogens is 396 g/mol. The molecule has 9 heteroatoms. The first-order valence-electron chi connectivity index (χ1n) is 7.82. The molecule has 0 saturated carbocycles. The molecule has 27 heavy (non-hydrogen) atoms. The second-order valence-corrected chi connectivity index (χ2v) is 6.43. The SMILES string of the molecule is Cc1cc(F)ccc1NC(=O)CNC(=O)CNC(=O)c1ccc(Cl)cc1Cl. The molecule has 0 fully saturated rings. The normalized spacial score (nSPS) is 10.2. The van der Waals surface area contributed by atoms with E-state index in [1.54, 1.807) is 6.92 Å². The summed E-state index contributed by atoms with van der Waals surface area (Å²) in [4.78, 5) is 35.6. The first-order chi connectivity index (χ1) is 12.8. The van der Waals surface area contributed by atoms with Crippen LogP contribution >= 0.6 is 23.2 Å². The fourth-order valence-corrected chi connectivity index (χ4v) is 2.63. The van der Waals surface area contributed by atoms with Crippen LogP contribution in [-0.2, 0) is 9.59 Å². The highest BCUT2D eigenvalue weighted by atomic mass is 35.5. The molecular formula is C18H16Cl2FN3O3. The molecule has 0 heterocycles. The van der Waals surface area contributed by atoms with Crippen molar-refractivity contribution in [3.63, 3.8) is 0 Å². The van der Waals surface area contributed by atoms with Crippen molar-refractivity contribution in [2.24, 2.45) is 0 Å². The van der Waals surface area contributed by atoms with Gasteiger partial charge in [0, 0.05) is 10.7 Å². The third-order valence-corrected chi connectivity index (χ3v) is 4.04. The maximum Gasteiger partial charge on any atom is 0.253 e. The number of anilines is 1. The predicted molar refractivity (Wildman–Crippen MR) is 102 cm³/mol. The van der Waals surface area contributed by atoms with Crippen LogP contribution in [-0.4, -0.2) is 30.8 Å². The van der Waals surface area contributed by atoms with Crippen LogP contribution in [0.5, 0.6) is 0 Å². The van der Waals surface area contributed by atoms with Crippen LogP contribution in [0.2, 0.25) is 10.0 Å². The van der Waals surface area contributed by atoms with E-state index in [1.807, 2.05) is 0 Å². The first-order valence-corrected chi connectivity index (χ1v) is 8.58. The van der Waals surface area contributed by atoms with E-state index in [2.05, 4.69) is 16.0 Å². The summed E-state index contributed by atoms with van der Waals surface area (Å²) in [5.41, 5.74) is 1.18. The predicted octanol–water partition coefficient (Wildman–Crippen LogP) is 2.93. The van der Waals surface area contributed by atoms with Gasteiger partial charge in [-0.15, -0.1) is 0 Å². The summed E-state index contributed by atoms with van der Waals surface area (Å²) < 4.78 is 13.0. The van der Waals surface area contributed by atoms with Crippen LogP contribution in [0.4, 0.5) is 10.1 Å². The molecule has 0 aliphatic rings. The summed E-state index contributed by atoms with van der Waals surface area (Å²) in [5, 5.41) is 7.87. The summed E-state index contributed by atoms with van der Waals surface area (Å²) in [6.07, 6.45) is 0. The van der Waals surface area contributed by atoms with Gasteiger partial charge in [-0.05, 0) is 48.9 Å². The van der Waals surface area contributed by atoms with Crippen LogP contribution in [0, 0.1) is 12.7 Å². The lowest BCUT2D eigenvalue weighted by Gasteiger charge is -2.10. The average Bonchev–Trinajstić information content (AvgIpc) is 2.60. The number of carbonyl (C=O) groups excluding carboxylic acids is 3. The van der Waals surface area contributed by atoms with Crippen molar-refractivity contribution in [2.45, 2.75) is 6.92 Å². The zero-order valence-electron chi connectivity index (χ0n) is 14.2. The summed E-state index contributed by atoms with van der Waals surface area (Å²) in [6.45, 7) is 1.02. The number of rotatable bonds is 6. The molecule has 0 atom stereocenters. The molecule has 142 valence electrons. The van der Waals surface area contributed by atoms with Crippen LogP contribution in [0.1, 0.15) is 15.9 Å². The van der Waals surface area contributed by atoms with Crippen molar-refractivity contribution < 1.29 is 18.8 Å². The molecule has 0 aliphatic carbocycles. The van der Waals surface area contributed by atoms with Crippen molar-refractivity contribution in [1.82, 2.24) is 10.6 Å². The maximum absolute atomic E-state index is 13.0. The average molecular weight is 412 g/mol. The summed E-state index contributed by atoms with van der Waals surface area (Å²) >= 11 is 11.7. The number of halogens is 3. The van der Waals surface area contributed by atoms with Crippen LogP contribution in [0.15, 0.2) is 36.4 Å². The van der Waals surface area contributed by atoms with Gasteiger partial charge in [-0.2, -0.15) is 0 Å². The van der Waals surface area contributed by atoms with Gasteiger partial charge in [-0.1, -0.05) is 23.2 Å². The number of nitrogens with one attached hydrogen (secondary N) is 3. The Labute approximate surface area is 165 Å². The Hall–Kier alpha value is -2.64. The van der Waals surface area contributed by atoms with Crippen molar-refractivity contribution in [3.05, 3.63) is 63.4 Å². The molecule has 2 aromatic carbocycles. The Balaban J connectivity index is 1.78. The van der Waals surface area contributed by atoms with Gasteiger partial charge in [-0.3, -0.25) is 14.4 Å². The topological polar surface area (TPSA) is 87.3 Å². The minimum atomic E-state index is -0.556. The second kappa shape index (κ2) is 9.34. The van der Waals surface area contributed by atoms with E-state index >= 15 is 0 Å². The first kappa shape index (κ1) is 20.7. The van der Waals surface area contributed by atoms with Crippen molar-refractivity contribution >= 4 is 46.6 Å². The molecule has 0 radical (unpaired) electrons. The molecule has 3 N–H and O–H groups in total. The van der Waals surface area contributed by atoms with Gasteiger partial charge in [0.1, 0.15) is 5.82 Å². The number of aryl methyl sites for hydroxylation is 1. The molecule has 2 aromatic rings. The summed E-state index contributed by atoms with van der Waals surface area (Å²) in [7, 11) is 0. The third-order valence-electron chi connectivity index (χ3n) is 3.49. The van der Waals surface area contributed by atoms with Crippen molar-refractivity contribution in [2.75, 3.05) is 18.4 Å². The second-order valence-electron chi connectivity index (χ2n) is 5.59. The van der Waals surface area contributed by atoms with Gasteiger partial charge in [-0.25, -0.2) is 4.39 Å². The van der Waals surface area contributed by atoms with E-state index in [0.29, 0.717) is 16.3 Å². The maximum atomic E-state index is 13.0. The zero-order chi connectivity index (χ0) is 20.0. The van der Waals surface area contributed by atoms with Crippen molar-refractivity contribution in [1.29, 1.82) is 0 Å². The molecule has 0 bridgehead atoms. The highest BCUT2D eigenvalue weighted by Gasteiger charge is 2.13. The van der Waals surface area contributed by atoms with E-state index in [0.717, 1.165) is 0 Å². The van der Waals surface area contributed by atoms with Crippen LogP contribution in [0.25, 0.3) is 0 Å². The lowest BCUT2D eigenvalue weighted by Crippen LogP contribution is -2.40. The monoisotopic (exact) mass is 411 g/mol. The van der Waals surface area contributed by atoms with E-state index in [1.165, 1.54) is 36.4 Å². The van der Waals surface area contributed by atoms with E-state index < -0.39 is 23.5 Å².